The van der Waals surface area contributed by atoms with Crippen molar-refractivity contribution in [3.8, 4) is 5.75 Å². The lowest BCUT2D eigenvalue weighted by Gasteiger charge is -2.38. The zero-order valence-electron chi connectivity index (χ0n) is 15.2. The minimum Gasteiger partial charge on any atom is -0.489 e. The summed E-state index contributed by atoms with van der Waals surface area (Å²) in [5.74, 6) is 0.721. The molecule has 0 radical (unpaired) electrons. The third kappa shape index (κ3) is 3.73. The second kappa shape index (κ2) is 8.06. The standard InChI is InChI=1S/C21H24N2O3/c1-15(2)14-26-19-11-7-5-9-17(19)20-22-18-10-6-4-8-16(18)21(24)23(20)12-13-25-3/h4-11,20,22H,1,12-14H2,2-3H3. The summed E-state index contributed by atoms with van der Waals surface area (Å²) in [6.07, 6.45) is -0.325. The molecular formula is C21H24N2O3. The van der Waals surface area contributed by atoms with E-state index in [0.29, 0.717) is 25.3 Å². The normalized spacial score (nSPS) is 16.0. The van der Waals surface area contributed by atoms with E-state index >= 15 is 0 Å². The van der Waals surface area contributed by atoms with E-state index in [9.17, 15) is 4.79 Å². The van der Waals surface area contributed by atoms with Crippen molar-refractivity contribution in [2.75, 3.05) is 32.2 Å². The maximum Gasteiger partial charge on any atom is 0.257 e. The molecule has 1 N–H and O–H groups in total. The number of para-hydroxylation sites is 2. The van der Waals surface area contributed by atoms with Crippen LogP contribution in [0.25, 0.3) is 0 Å². The van der Waals surface area contributed by atoms with E-state index in [0.717, 1.165) is 22.6 Å². The molecule has 0 aliphatic carbocycles. The number of carbonyl (C=O) groups is 1. The number of hydrogen-bond acceptors (Lipinski definition) is 4. The zero-order chi connectivity index (χ0) is 18.5. The number of ether oxygens (including phenoxy) is 2. The van der Waals surface area contributed by atoms with Gasteiger partial charge in [-0.05, 0) is 30.7 Å². The molecule has 0 spiro atoms. The summed E-state index contributed by atoms with van der Waals surface area (Å²) in [6.45, 7) is 7.19. The number of nitrogens with zero attached hydrogens (tertiary/aromatic N) is 1. The Morgan fingerprint density at radius 3 is 2.69 bits per heavy atom. The molecule has 1 atom stereocenters. The molecule has 26 heavy (non-hydrogen) atoms. The molecule has 5 heteroatoms. The molecule has 1 aliphatic rings. The van der Waals surface area contributed by atoms with E-state index in [1.807, 2.05) is 55.5 Å². The Hall–Kier alpha value is -2.79. The van der Waals surface area contributed by atoms with Crippen molar-refractivity contribution in [2.24, 2.45) is 0 Å². The van der Waals surface area contributed by atoms with Gasteiger partial charge in [-0.3, -0.25) is 4.79 Å². The molecule has 3 rings (SSSR count). The van der Waals surface area contributed by atoms with Gasteiger partial charge in [0.15, 0.2) is 0 Å². The lowest BCUT2D eigenvalue weighted by atomic mass is 10.0. The van der Waals surface area contributed by atoms with Gasteiger partial charge in [0.2, 0.25) is 0 Å². The van der Waals surface area contributed by atoms with Crippen LogP contribution in [-0.4, -0.2) is 37.7 Å². The number of carbonyl (C=O) groups excluding carboxylic acids is 1. The lowest BCUT2D eigenvalue weighted by Crippen LogP contribution is -2.44. The van der Waals surface area contributed by atoms with Crippen LogP contribution in [0.4, 0.5) is 5.69 Å². The van der Waals surface area contributed by atoms with Crippen LogP contribution in [0.5, 0.6) is 5.75 Å². The van der Waals surface area contributed by atoms with E-state index in [1.165, 1.54) is 0 Å². The monoisotopic (exact) mass is 352 g/mol. The molecule has 0 aromatic heterocycles. The van der Waals surface area contributed by atoms with Crippen LogP contribution in [0, 0.1) is 0 Å². The quantitative estimate of drug-likeness (QED) is 0.769. The molecule has 2 aromatic rings. The van der Waals surface area contributed by atoms with Gasteiger partial charge in [-0.1, -0.05) is 36.9 Å². The van der Waals surface area contributed by atoms with Crippen LogP contribution in [-0.2, 0) is 4.74 Å². The van der Waals surface area contributed by atoms with E-state index in [2.05, 4.69) is 11.9 Å². The second-order valence-electron chi connectivity index (χ2n) is 6.37. The third-order valence-electron chi connectivity index (χ3n) is 4.25. The Labute approximate surface area is 154 Å². The topological polar surface area (TPSA) is 50.8 Å². The molecule has 1 aliphatic heterocycles. The highest BCUT2D eigenvalue weighted by molar-refractivity contribution is 6.01. The molecule has 0 fully saturated rings. The Morgan fingerprint density at radius 2 is 1.92 bits per heavy atom. The van der Waals surface area contributed by atoms with E-state index in [-0.39, 0.29) is 12.1 Å². The van der Waals surface area contributed by atoms with Crippen LogP contribution in [0.3, 0.4) is 0 Å². The molecule has 1 unspecified atom stereocenters. The second-order valence-corrected chi connectivity index (χ2v) is 6.37. The molecule has 136 valence electrons. The Morgan fingerprint density at radius 1 is 1.19 bits per heavy atom. The number of amides is 1. The van der Waals surface area contributed by atoms with Gasteiger partial charge in [0.25, 0.3) is 5.91 Å². The molecule has 0 saturated heterocycles. The van der Waals surface area contributed by atoms with Crippen molar-refractivity contribution in [1.82, 2.24) is 4.90 Å². The van der Waals surface area contributed by atoms with Crippen LogP contribution in [0.15, 0.2) is 60.7 Å². The summed E-state index contributed by atoms with van der Waals surface area (Å²) < 4.78 is 11.1. The first-order valence-electron chi connectivity index (χ1n) is 8.63. The minimum absolute atomic E-state index is 0.0175. The average molecular weight is 352 g/mol. The first-order chi connectivity index (χ1) is 12.6. The number of benzene rings is 2. The molecule has 1 amide bonds. The summed E-state index contributed by atoms with van der Waals surface area (Å²) in [6, 6.07) is 15.3. The van der Waals surface area contributed by atoms with Gasteiger partial charge in [0, 0.05) is 24.9 Å². The van der Waals surface area contributed by atoms with Crippen molar-refractivity contribution < 1.29 is 14.3 Å². The van der Waals surface area contributed by atoms with Gasteiger partial charge in [-0.2, -0.15) is 0 Å². The third-order valence-corrected chi connectivity index (χ3v) is 4.25. The SMILES string of the molecule is C=C(C)COc1ccccc1C1Nc2ccccc2C(=O)N1CCOC. The minimum atomic E-state index is -0.325. The van der Waals surface area contributed by atoms with E-state index < -0.39 is 0 Å². The predicted molar refractivity (Wildman–Crippen MR) is 102 cm³/mol. The predicted octanol–water partition coefficient (Wildman–Crippen LogP) is 3.85. The molecular weight excluding hydrogens is 328 g/mol. The van der Waals surface area contributed by atoms with E-state index in [4.69, 9.17) is 9.47 Å². The van der Waals surface area contributed by atoms with Crippen molar-refractivity contribution in [2.45, 2.75) is 13.1 Å². The summed E-state index contributed by atoms with van der Waals surface area (Å²) in [5, 5.41) is 3.48. The lowest BCUT2D eigenvalue weighted by molar-refractivity contribution is 0.0607. The molecule has 0 bridgehead atoms. The Kier molecular flexibility index (Phi) is 5.58. The first kappa shape index (κ1) is 18.0. The van der Waals surface area contributed by atoms with Crippen molar-refractivity contribution >= 4 is 11.6 Å². The van der Waals surface area contributed by atoms with Gasteiger partial charge in [0.05, 0.1) is 12.2 Å². The maximum atomic E-state index is 13.1. The average Bonchev–Trinajstić information content (AvgIpc) is 2.66. The van der Waals surface area contributed by atoms with Crippen molar-refractivity contribution in [3.05, 3.63) is 71.8 Å². The number of methoxy groups -OCH3 is 1. The Balaban J connectivity index is 1.99. The smallest absolute Gasteiger partial charge is 0.257 e. The van der Waals surface area contributed by atoms with Gasteiger partial charge >= 0.3 is 0 Å². The highest BCUT2D eigenvalue weighted by atomic mass is 16.5. The number of fused-ring (bicyclic) bond motifs is 1. The zero-order valence-corrected chi connectivity index (χ0v) is 15.2. The van der Waals surface area contributed by atoms with Crippen LogP contribution in [0.1, 0.15) is 29.0 Å². The van der Waals surface area contributed by atoms with Crippen LogP contribution >= 0.6 is 0 Å². The highest BCUT2D eigenvalue weighted by Crippen LogP contribution is 2.36. The van der Waals surface area contributed by atoms with E-state index in [1.54, 1.807) is 12.0 Å². The fourth-order valence-corrected chi connectivity index (χ4v) is 3.00. The Bertz CT molecular complexity index is 803. The molecule has 0 saturated carbocycles. The van der Waals surface area contributed by atoms with Gasteiger partial charge in [-0.15, -0.1) is 0 Å². The van der Waals surface area contributed by atoms with Gasteiger partial charge < -0.3 is 19.7 Å². The highest BCUT2D eigenvalue weighted by Gasteiger charge is 2.33. The number of hydrogen-bond donors (Lipinski definition) is 1. The molecule has 2 aromatic carbocycles. The molecule has 5 nitrogen and oxygen atoms in total. The maximum absolute atomic E-state index is 13.1. The first-order valence-corrected chi connectivity index (χ1v) is 8.63. The summed E-state index contributed by atoms with van der Waals surface area (Å²) in [5.41, 5.74) is 3.34. The number of rotatable bonds is 7. The van der Waals surface area contributed by atoms with Gasteiger partial charge in [-0.25, -0.2) is 0 Å². The number of anilines is 1. The molecule has 1 heterocycles. The van der Waals surface area contributed by atoms with Gasteiger partial charge in [0.1, 0.15) is 18.5 Å². The summed E-state index contributed by atoms with van der Waals surface area (Å²) in [4.78, 5) is 14.8. The largest absolute Gasteiger partial charge is 0.489 e. The fourth-order valence-electron chi connectivity index (χ4n) is 3.00. The van der Waals surface area contributed by atoms with Crippen molar-refractivity contribution in [1.29, 1.82) is 0 Å². The number of nitrogens with one attached hydrogen (secondary N) is 1. The fraction of sp³-hybridized carbons (Fsp3) is 0.286. The summed E-state index contributed by atoms with van der Waals surface area (Å²) in [7, 11) is 1.63. The summed E-state index contributed by atoms with van der Waals surface area (Å²) >= 11 is 0. The van der Waals surface area contributed by atoms with Crippen LogP contribution in [0.2, 0.25) is 0 Å². The van der Waals surface area contributed by atoms with Crippen LogP contribution < -0.4 is 10.1 Å². The van der Waals surface area contributed by atoms with Crippen molar-refractivity contribution in [3.63, 3.8) is 0 Å².